The molecular weight excluding hydrogens is 292 g/mol. The molecule has 0 saturated carbocycles. The molecule has 124 valence electrons. The number of amides is 2. The van der Waals surface area contributed by atoms with Crippen molar-refractivity contribution in [1.82, 2.24) is 15.1 Å². The molecule has 23 heavy (non-hydrogen) atoms. The quantitative estimate of drug-likeness (QED) is 0.734. The molecule has 1 heterocycles. The first-order valence-corrected chi connectivity index (χ1v) is 7.84. The van der Waals surface area contributed by atoms with Crippen LogP contribution in [0.5, 0.6) is 0 Å². The first kappa shape index (κ1) is 17.0. The molecule has 2 amide bonds. The van der Waals surface area contributed by atoms with Crippen molar-refractivity contribution in [2.24, 2.45) is 5.92 Å². The van der Waals surface area contributed by atoms with E-state index in [1.165, 1.54) is 0 Å². The summed E-state index contributed by atoms with van der Waals surface area (Å²) in [6.07, 6.45) is 2.36. The maximum absolute atomic E-state index is 12.0. The fourth-order valence-electron chi connectivity index (χ4n) is 2.32. The number of rotatable bonds is 7. The monoisotopic (exact) mass is 316 g/mol. The molecule has 1 aromatic carbocycles. The molecule has 0 aliphatic rings. The third kappa shape index (κ3) is 5.41. The molecule has 6 heteroatoms. The lowest BCUT2D eigenvalue weighted by Crippen LogP contribution is -2.41. The van der Waals surface area contributed by atoms with Gasteiger partial charge in [0.1, 0.15) is 0 Å². The van der Waals surface area contributed by atoms with Gasteiger partial charge in [-0.1, -0.05) is 44.2 Å². The Labute approximate surface area is 136 Å². The zero-order valence-electron chi connectivity index (χ0n) is 13.6. The fourth-order valence-corrected chi connectivity index (χ4v) is 2.32. The van der Waals surface area contributed by atoms with Crippen LogP contribution in [0.2, 0.25) is 0 Å². The van der Waals surface area contributed by atoms with Crippen LogP contribution in [0.25, 0.3) is 0 Å². The minimum absolute atomic E-state index is 0.0504. The topological polar surface area (TPSA) is 79.2 Å². The summed E-state index contributed by atoms with van der Waals surface area (Å²) >= 11 is 0. The van der Waals surface area contributed by atoms with Crippen LogP contribution in [-0.2, 0) is 6.54 Å². The molecular formula is C17H24N4O2. The van der Waals surface area contributed by atoms with Crippen molar-refractivity contribution < 1.29 is 9.90 Å². The molecule has 0 saturated heterocycles. The van der Waals surface area contributed by atoms with Crippen molar-refractivity contribution in [3.8, 4) is 0 Å². The summed E-state index contributed by atoms with van der Waals surface area (Å²) in [7, 11) is 0. The molecule has 1 unspecified atom stereocenters. The zero-order chi connectivity index (χ0) is 16.7. The summed E-state index contributed by atoms with van der Waals surface area (Å²) < 4.78 is 1.78. The minimum atomic E-state index is -0.304. The van der Waals surface area contributed by atoms with Gasteiger partial charge in [-0.2, -0.15) is 5.10 Å². The molecule has 0 aliphatic heterocycles. The number of urea groups is 1. The van der Waals surface area contributed by atoms with Gasteiger partial charge in [0.15, 0.2) is 5.82 Å². The Balaban J connectivity index is 1.89. The van der Waals surface area contributed by atoms with Crippen LogP contribution in [-0.4, -0.2) is 33.6 Å². The molecule has 2 rings (SSSR count). The summed E-state index contributed by atoms with van der Waals surface area (Å²) in [5, 5.41) is 19.0. The number of aromatic nitrogens is 2. The van der Waals surface area contributed by atoms with Crippen LogP contribution in [0.1, 0.15) is 25.8 Å². The van der Waals surface area contributed by atoms with E-state index in [9.17, 15) is 4.79 Å². The largest absolute Gasteiger partial charge is 0.396 e. The molecule has 0 aliphatic carbocycles. The Morgan fingerprint density at radius 1 is 1.26 bits per heavy atom. The summed E-state index contributed by atoms with van der Waals surface area (Å²) in [5.74, 6) is 0.758. The number of hydrogen-bond acceptors (Lipinski definition) is 3. The van der Waals surface area contributed by atoms with E-state index in [1.807, 2.05) is 50.4 Å². The van der Waals surface area contributed by atoms with Gasteiger partial charge in [0.2, 0.25) is 0 Å². The maximum atomic E-state index is 12.0. The number of nitrogens with zero attached hydrogens (tertiary/aromatic N) is 2. The molecule has 6 nitrogen and oxygen atoms in total. The van der Waals surface area contributed by atoms with Crippen LogP contribution in [0.15, 0.2) is 42.6 Å². The van der Waals surface area contributed by atoms with Gasteiger partial charge in [-0.3, -0.25) is 10.00 Å². The first-order valence-electron chi connectivity index (χ1n) is 7.84. The summed E-state index contributed by atoms with van der Waals surface area (Å²) in [6, 6.07) is 11.4. The Morgan fingerprint density at radius 2 is 2.00 bits per heavy atom. The summed E-state index contributed by atoms with van der Waals surface area (Å²) in [4.78, 5) is 12.0. The van der Waals surface area contributed by atoms with E-state index < -0.39 is 0 Å². The Morgan fingerprint density at radius 3 is 2.65 bits per heavy atom. The number of nitrogens with one attached hydrogen (secondary N) is 2. The molecule has 1 aromatic heterocycles. The van der Waals surface area contributed by atoms with E-state index >= 15 is 0 Å². The van der Waals surface area contributed by atoms with Gasteiger partial charge in [0.25, 0.3) is 0 Å². The minimum Gasteiger partial charge on any atom is -0.396 e. The van der Waals surface area contributed by atoms with Crippen molar-refractivity contribution in [2.45, 2.75) is 32.9 Å². The van der Waals surface area contributed by atoms with Gasteiger partial charge < -0.3 is 10.4 Å². The third-order valence-corrected chi connectivity index (χ3v) is 3.63. The Bertz CT molecular complexity index is 610. The zero-order valence-corrected chi connectivity index (χ0v) is 13.6. The van der Waals surface area contributed by atoms with Gasteiger partial charge in [-0.25, -0.2) is 4.79 Å². The summed E-state index contributed by atoms with van der Waals surface area (Å²) in [6.45, 7) is 4.72. The molecule has 0 fully saturated rings. The van der Waals surface area contributed by atoms with Crippen molar-refractivity contribution in [3.63, 3.8) is 0 Å². The number of carbonyl (C=O) groups excluding carboxylic acids is 1. The predicted octanol–water partition coefficient (Wildman–Crippen LogP) is 2.46. The van der Waals surface area contributed by atoms with Gasteiger partial charge >= 0.3 is 6.03 Å². The standard InChI is InChI=1S/C17H24N4O2/c1-13(2)15(9-11-22)18-17(23)19-16-8-10-21(20-16)12-14-6-4-3-5-7-14/h3-8,10,13,15,22H,9,11-12H2,1-2H3,(H2,18,19,20,23). The second-order valence-corrected chi connectivity index (χ2v) is 5.85. The predicted molar refractivity (Wildman–Crippen MR) is 90.3 cm³/mol. The van der Waals surface area contributed by atoms with Crippen molar-refractivity contribution in [3.05, 3.63) is 48.2 Å². The number of hydrogen-bond donors (Lipinski definition) is 3. The van der Waals surface area contributed by atoms with Crippen molar-refractivity contribution in [1.29, 1.82) is 0 Å². The van der Waals surface area contributed by atoms with Gasteiger partial charge in [-0.05, 0) is 17.9 Å². The smallest absolute Gasteiger partial charge is 0.320 e. The Kier molecular flexibility index (Phi) is 6.17. The SMILES string of the molecule is CC(C)C(CCO)NC(=O)Nc1ccn(Cc2ccccc2)n1. The number of carbonyl (C=O) groups is 1. The molecule has 0 radical (unpaired) electrons. The number of aliphatic hydroxyl groups is 1. The average molecular weight is 316 g/mol. The lowest BCUT2D eigenvalue weighted by atomic mass is 10.0. The van der Waals surface area contributed by atoms with E-state index in [0.29, 0.717) is 18.8 Å². The van der Waals surface area contributed by atoms with Crippen LogP contribution < -0.4 is 10.6 Å². The second-order valence-electron chi connectivity index (χ2n) is 5.85. The Hall–Kier alpha value is -2.34. The second kappa shape index (κ2) is 8.33. The lowest BCUT2D eigenvalue weighted by molar-refractivity contribution is 0.227. The molecule has 0 spiro atoms. The van der Waals surface area contributed by atoms with Crippen LogP contribution in [0, 0.1) is 5.92 Å². The average Bonchev–Trinajstić information content (AvgIpc) is 2.94. The first-order chi connectivity index (χ1) is 11.1. The highest BCUT2D eigenvalue weighted by Gasteiger charge is 2.16. The highest BCUT2D eigenvalue weighted by atomic mass is 16.3. The van der Waals surface area contributed by atoms with Crippen LogP contribution in [0.4, 0.5) is 10.6 Å². The van der Waals surface area contributed by atoms with Crippen LogP contribution in [0.3, 0.4) is 0 Å². The van der Waals surface area contributed by atoms with E-state index in [2.05, 4.69) is 15.7 Å². The van der Waals surface area contributed by atoms with E-state index in [1.54, 1.807) is 10.7 Å². The maximum Gasteiger partial charge on any atom is 0.320 e. The van der Waals surface area contributed by atoms with E-state index in [0.717, 1.165) is 5.56 Å². The normalized spacial score (nSPS) is 12.2. The van der Waals surface area contributed by atoms with Crippen molar-refractivity contribution in [2.75, 3.05) is 11.9 Å². The third-order valence-electron chi connectivity index (χ3n) is 3.63. The fraction of sp³-hybridized carbons (Fsp3) is 0.412. The number of aliphatic hydroxyl groups excluding tert-OH is 1. The number of anilines is 1. The van der Waals surface area contributed by atoms with Gasteiger partial charge in [0, 0.05) is 24.9 Å². The molecule has 2 aromatic rings. The number of benzene rings is 1. The van der Waals surface area contributed by atoms with Crippen molar-refractivity contribution >= 4 is 11.8 Å². The van der Waals surface area contributed by atoms with E-state index in [-0.39, 0.29) is 24.6 Å². The van der Waals surface area contributed by atoms with Crippen LogP contribution >= 0.6 is 0 Å². The molecule has 0 bridgehead atoms. The lowest BCUT2D eigenvalue weighted by Gasteiger charge is -2.21. The highest BCUT2D eigenvalue weighted by molar-refractivity contribution is 5.88. The van der Waals surface area contributed by atoms with E-state index in [4.69, 9.17) is 5.11 Å². The van der Waals surface area contributed by atoms with Gasteiger partial charge in [0.05, 0.1) is 6.54 Å². The highest BCUT2D eigenvalue weighted by Crippen LogP contribution is 2.08. The molecule has 1 atom stereocenters. The van der Waals surface area contributed by atoms with Gasteiger partial charge in [-0.15, -0.1) is 0 Å². The summed E-state index contributed by atoms with van der Waals surface area (Å²) in [5.41, 5.74) is 1.15. The molecule has 3 N–H and O–H groups in total.